The van der Waals surface area contributed by atoms with E-state index in [0.717, 1.165) is 22.6 Å². The van der Waals surface area contributed by atoms with Gasteiger partial charge in [-0.05, 0) is 51.0 Å². The Balaban J connectivity index is 1.89. The fourth-order valence-corrected chi connectivity index (χ4v) is 4.70. The molecule has 2 N–H and O–H groups in total. The summed E-state index contributed by atoms with van der Waals surface area (Å²) in [7, 11) is -2.97. The third-order valence-electron chi connectivity index (χ3n) is 4.15. The number of aryl methyl sites for hydroxylation is 1. The van der Waals surface area contributed by atoms with Crippen LogP contribution in [0.3, 0.4) is 0 Å². The molecule has 1 saturated heterocycles. The van der Waals surface area contributed by atoms with Gasteiger partial charge in [0.2, 0.25) is 0 Å². The standard InChI is InChI=1S/C17H23N3O3S/c1-11(2)23-16-5-4-13(8-12(16)3)15-9-17(18)20(19-15)14-6-7-24(21,22)10-14/h4-5,8-9,11,14H,6-7,10,18H2,1-3H3. The van der Waals surface area contributed by atoms with Crippen molar-refractivity contribution in [3.05, 3.63) is 29.8 Å². The SMILES string of the molecule is Cc1cc(-c2cc(N)n(C3CCS(=O)(=O)C3)n2)ccc1OC(C)C. The van der Waals surface area contributed by atoms with E-state index < -0.39 is 9.84 Å². The third-order valence-corrected chi connectivity index (χ3v) is 5.90. The van der Waals surface area contributed by atoms with Crippen molar-refractivity contribution in [2.24, 2.45) is 0 Å². The van der Waals surface area contributed by atoms with E-state index in [1.54, 1.807) is 10.7 Å². The number of sulfone groups is 1. The Bertz CT molecular complexity index is 856. The van der Waals surface area contributed by atoms with Gasteiger partial charge in [0.25, 0.3) is 0 Å². The van der Waals surface area contributed by atoms with Crippen LogP contribution in [0.1, 0.15) is 31.9 Å². The summed E-state index contributed by atoms with van der Waals surface area (Å²) in [4.78, 5) is 0. The minimum atomic E-state index is -2.97. The number of nitrogens with zero attached hydrogens (tertiary/aromatic N) is 2. The Morgan fingerprint density at radius 2 is 2.08 bits per heavy atom. The molecule has 1 aliphatic rings. The van der Waals surface area contributed by atoms with Gasteiger partial charge in [-0.25, -0.2) is 13.1 Å². The van der Waals surface area contributed by atoms with Crippen LogP contribution in [0.5, 0.6) is 5.75 Å². The quantitative estimate of drug-likeness (QED) is 0.917. The molecule has 24 heavy (non-hydrogen) atoms. The van der Waals surface area contributed by atoms with E-state index in [0.29, 0.717) is 12.2 Å². The molecule has 0 bridgehead atoms. The fourth-order valence-electron chi connectivity index (χ4n) is 3.01. The first-order valence-electron chi connectivity index (χ1n) is 8.08. The number of benzene rings is 1. The molecule has 2 heterocycles. The van der Waals surface area contributed by atoms with Crippen molar-refractivity contribution in [1.29, 1.82) is 0 Å². The summed E-state index contributed by atoms with van der Waals surface area (Å²) in [5, 5.41) is 4.55. The van der Waals surface area contributed by atoms with E-state index in [4.69, 9.17) is 10.5 Å². The average Bonchev–Trinajstić information content (AvgIpc) is 3.03. The van der Waals surface area contributed by atoms with Crippen LogP contribution in [0.15, 0.2) is 24.3 Å². The number of rotatable bonds is 4. The molecule has 1 aromatic heterocycles. The number of nitrogen functional groups attached to an aromatic ring is 1. The van der Waals surface area contributed by atoms with Gasteiger partial charge in [-0.15, -0.1) is 0 Å². The van der Waals surface area contributed by atoms with Crippen LogP contribution >= 0.6 is 0 Å². The molecule has 1 aromatic carbocycles. The van der Waals surface area contributed by atoms with Crippen LogP contribution in [-0.2, 0) is 9.84 Å². The maximum Gasteiger partial charge on any atom is 0.152 e. The number of nitrogens with two attached hydrogens (primary N) is 1. The summed E-state index contributed by atoms with van der Waals surface area (Å²) in [6.07, 6.45) is 0.683. The monoisotopic (exact) mass is 349 g/mol. The molecule has 2 aromatic rings. The van der Waals surface area contributed by atoms with Gasteiger partial charge in [-0.1, -0.05) is 0 Å². The zero-order valence-corrected chi connectivity index (χ0v) is 15.0. The fraction of sp³-hybridized carbons (Fsp3) is 0.471. The van der Waals surface area contributed by atoms with E-state index in [1.165, 1.54) is 0 Å². The zero-order chi connectivity index (χ0) is 17.5. The van der Waals surface area contributed by atoms with Crippen molar-refractivity contribution in [2.75, 3.05) is 17.2 Å². The van der Waals surface area contributed by atoms with Crippen LogP contribution in [0.4, 0.5) is 5.82 Å². The van der Waals surface area contributed by atoms with Crippen molar-refractivity contribution < 1.29 is 13.2 Å². The predicted molar refractivity (Wildman–Crippen MR) is 94.9 cm³/mol. The second kappa shape index (κ2) is 6.12. The number of ether oxygens (including phenoxy) is 1. The molecule has 0 saturated carbocycles. The van der Waals surface area contributed by atoms with Gasteiger partial charge < -0.3 is 10.5 Å². The van der Waals surface area contributed by atoms with Gasteiger partial charge in [0.15, 0.2) is 9.84 Å². The third kappa shape index (κ3) is 3.40. The molecule has 130 valence electrons. The van der Waals surface area contributed by atoms with Crippen molar-refractivity contribution >= 4 is 15.7 Å². The highest BCUT2D eigenvalue weighted by molar-refractivity contribution is 7.91. The lowest BCUT2D eigenvalue weighted by atomic mass is 10.1. The summed E-state index contributed by atoms with van der Waals surface area (Å²) < 4.78 is 30.8. The van der Waals surface area contributed by atoms with E-state index in [2.05, 4.69) is 5.10 Å². The normalized spacial score (nSPS) is 19.8. The van der Waals surface area contributed by atoms with Gasteiger partial charge in [0.1, 0.15) is 11.6 Å². The van der Waals surface area contributed by atoms with E-state index >= 15 is 0 Å². The first-order chi connectivity index (χ1) is 11.2. The number of hydrogen-bond donors (Lipinski definition) is 1. The van der Waals surface area contributed by atoms with Gasteiger partial charge >= 0.3 is 0 Å². The van der Waals surface area contributed by atoms with E-state index in [1.807, 2.05) is 39.0 Å². The Morgan fingerprint density at radius 1 is 1.33 bits per heavy atom. The molecule has 0 aliphatic carbocycles. The summed E-state index contributed by atoms with van der Waals surface area (Å²) in [6, 6.07) is 7.51. The summed E-state index contributed by atoms with van der Waals surface area (Å²) in [5.74, 6) is 1.65. The highest BCUT2D eigenvalue weighted by Gasteiger charge is 2.31. The molecule has 1 unspecified atom stereocenters. The molecular formula is C17H23N3O3S. The van der Waals surface area contributed by atoms with Crippen LogP contribution in [0.2, 0.25) is 0 Å². The molecule has 1 aliphatic heterocycles. The first-order valence-corrected chi connectivity index (χ1v) is 9.90. The summed E-state index contributed by atoms with van der Waals surface area (Å²) in [6.45, 7) is 5.97. The van der Waals surface area contributed by atoms with Crippen LogP contribution < -0.4 is 10.5 Å². The van der Waals surface area contributed by atoms with Crippen molar-refractivity contribution in [3.8, 4) is 17.0 Å². The molecule has 7 heteroatoms. The van der Waals surface area contributed by atoms with Crippen molar-refractivity contribution in [2.45, 2.75) is 39.3 Å². The van der Waals surface area contributed by atoms with E-state index in [9.17, 15) is 8.42 Å². The maximum absolute atomic E-state index is 11.7. The van der Waals surface area contributed by atoms with Gasteiger partial charge in [0.05, 0.1) is 29.3 Å². The van der Waals surface area contributed by atoms with E-state index in [-0.39, 0.29) is 23.7 Å². The number of aromatic nitrogens is 2. The van der Waals surface area contributed by atoms with Gasteiger partial charge in [-0.3, -0.25) is 0 Å². The lowest BCUT2D eigenvalue weighted by Gasteiger charge is -2.13. The smallest absolute Gasteiger partial charge is 0.152 e. The lowest BCUT2D eigenvalue weighted by Crippen LogP contribution is -2.14. The zero-order valence-electron chi connectivity index (χ0n) is 14.2. The highest BCUT2D eigenvalue weighted by atomic mass is 32.2. The molecule has 3 rings (SSSR count). The minimum absolute atomic E-state index is 0.110. The topological polar surface area (TPSA) is 87.2 Å². The Kier molecular flexibility index (Phi) is 4.29. The summed E-state index contributed by atoms with van der Waals surface area (Å²) >= 11 is 0. The predicted octanol–water partition coefficient (Wildman–Crippen LogP) is 2.59. The molecule has 6 nitrogen and oxygen atoms in total. The molecule has 0 radical (unpaired) electrons. The number of hydrogen-bond acceptors (Lipinski definition) is 5. The molecular weight excluding hydrogens is 326 g/mol. The average molecular weight is 349 g/mol. The number of anilines is 1. The van der Waals surface area contributed by atoms with Crippen LogP contribution in [0, 0.1) is 6.92 Å². The second-order valence-electron chi connectivity index (χ2n) is 6.60. The maximum atomic E-state index is 11.7. The Morgan fingerprint density at radius 3 is 2.67 bits per heavy atom. The van der Waals surface area contributed by atoms with Gasteiger partial charge in [-0.2, -0.15) is 5.10 Å². The second-order valence-corrected chi connectivity index (χ2v) is 8.83. The largest absolute Gasteiger partial charge is 0.491 e. The van der Waals surface area contributed by atoms with Gasteiger partial charge in [0, 0.05) is 11.6 Å². The Hall–Kier alpha value is -2.02. The molecule has 0 amide bonds. The highest BCUT2D eigenvalue weighted by Crippen LogP contribution is 2.31. The molecule has 1 fully saturated rings. The Labute approximate surface area is 142 Å². The lowest BCUT2D eigenvalue weighted by molar-refractivity contribution is 0.241. The van der Waals surface area contributed by atoms with Crippen molar-refractivity contribution in [3.63, 3.8) is 0 Å². The summed E-state index contributed by atoms with van der Waals surface area (Å²) in [5.41, 5.74) is 8.77. The van der Waals surface area contributed by atoms with Crippen LogP contribution in [0.25, 0.3) is 11.3 Å². The first kappa shape index (κ1) is 16.8. The molecule has 1 atom stereocenters. The molecule has 0 spiro atoms. The minimum Gasteiger partial charge on any atom is -0.491 e. The van der Waals surface area contributed by atoms with Crippen LogP contribution in [-0.4, -0.2) is 35.8 Å². The van der Waals surface area contributed by atoms with Crippen molar-refractivity contribution in [1.82, 2.24) is 9.78 Å².